The number of carbonyl (C=O) groups excluding carboxylic acids is 1. The number of para-hydroxylation sites is 2. The Hall–Kier alpha value is -3.71. The number of carbonyl (C=O) groups is 1. The largest absolute Gasteiger partial charge is 0.339 e. The van der Waals surface area contributed by atoms with Crippen LogP contribution < -0.4 is 5.32 Å². The van der Waals surface area contributed by atoms with Crippen molar-refractivity contribution in [2.75, 3.05) is 5.32 Å². The second-order valence-corrected chi connectivity index (χ2v) is 7.82. The normalized spacial score (nSPS) is 11.1. The van der Waals surface area contributed by atoms with Gasteiger partial charge in [0.1, 0.15) is 6.54 Å². The maximum absolute atomic E-state index is 12.7. The van der Waals surface area contributed by atoms with Crippen LogP contribution in [0.25, 0.3) is 21.6 Å². The Labute approximate surface area is 176 Å². The van der Waals surface area contributed by atoms with Crippen LogP contribution >= 0.6 is 11.3 Å². The van der Waals surface area contributed by atoms with E-state index in [0.29, 0.717) is 18.1 Å². The molecule has 0 aliphatic rings. The third kappa shape index (κ3) is 3.75. The summed E-state index contributed by atoms with van der Waals surface area (Å²) >= 11 is 1.57. The number of amides is 1. The molecule has 1 amide bonds. The maximum atomic E-state index is 12.7. The van der Waals surface area contributed by atoms with Crippen molar-refractivity contribution in [1.29, 1.82) is 0 Å². The van der Waals surface area contributed by atoms with Gasteiger partial charge in [-0.1, -0.05) is 47.6 Å². The number of fused-ring (bicyclic) bond motifs is 1. The van der Waals surface area contributed by atoms with Crippen LogP contribution in [0.4, 0.5) is 5.69 Å². The molecule has 0 radical (unpaired) electrons. The van der Waals surface area contributed by atoms with E-state index in [1.54, 1.807) is 11.3 Å². The van der Waals surface area contributed by atoms with Crippen LogP contribution in [0.15, 0.2) is 82.8 Å². The van der Waals surface area contributed by atoms with Crippen molar-refractivity contribution in [3.05, 3.63) is 89.8 Å². The average molecular weight is 414 g/mol. The molecular weight excluding hydrogens is 396 g/mol. The summed E-state index contributed by atoms with van der Waals surface area (Å²) in [5.74, 6) is 1.01. The zero-order valence-electron chi connectivity index (χ0n) is 16.0. The lowest BCUT2D eigenvalue weighted by Crippen LogP contribution is -2.19. The Kier molecular flexibility index (Phi) is 4.86. The molecular formula is C23H18N4O2S. The minimum Gasteiger partial charge on any atom is -0.339 e. The number of aromatic nitrogens is 3. The predicted octanol–water partition coefficient (Wildman–Crippen LogP) is 4.98. The van der Waals surface area contributed by atoms with E-state index in [0.717, 1.165) is 27.0 Å². The van der Waals surface area contributed by atoms with E-state index in [1.807, 2.05) is 82.9 Å². The molecule has 0 spiro atoms. The molecule has 0 atom stereocenters. The Bertz CT molecular complexity index is 1300. The molecule has 0 aliphatic carbocycles. The topological polar surface area (TPSA) is 73.0 Å². The van der Waals surface area contributed by atoms with Gasteiger partial charge in [-0.3, -0.25) is 4.79 Å². The van der Waals surface area contributed by atoms with Crippen LogP contribution in [-0.4, -0.2) is 20.6 Å². The van der Waals surface area contributed by atoms with Gasteiger partial charge in [0.05, 0.1) is 11.3 Å². The van der Waals surface area contributed by atoms with Crippen molar-refractivity contribution in [1.82, 2.24) is 14.7 Å². The van der Waals surface area contributed by atoms with E-state index in [2.05, 4.69) is 15.5 Å². The number of hydrogen-bond acceptors (Lipinski definition) is 5. The molecule has 0 bridgehead atoms. The lowest BCUT2D eigenvalue weighted by atomic mass is 10.1. The van der Waals surface area contributed by atoms with E-state index >= 15 is 0 Å². The van der Waals surface area contributed by atoms with E-state index in [4.69, 9.17) is 4.52 Å². The summed E-state index contributed by atoms with van der Waals surface area (Å²) in [6.07, 6.45) is 2.38. The zero-order chi connectivity index (χ0) is 20.3. The summed E-state index contributed by atoms with van der Waals surface area (Å²) in [6.45, 7) is 0.241. The van der Waals surface area contributed by atoms with Gasteiger partial charge in [0.25, 0.3) is 0 Å². The molecule has 7 heteroatoms. The summed E-state index contributed by atoms with van der Waals surface area (Å²) in [5.41, 5.74) is 2.70. The van der Waals surface area contributed by atoms with Crippen LogP contribution in [0.1, 0.15) is 11.5 Å². The smallest absolute Gasteiger partial charge is 0.244 e. The second kappa shape index (κ2) is 7.96. The molecule has 0 fully saturated rings. The molecule has 0 aliphatic heterocycles. The fourth-order valence-electron chi connectivity index (χ4n) is 3.41. The van der Waals surface area contributed by atoms with Crippen molar-refractivity contribution >= 4 is 33.8 Å². The lowest BCUT2D eigenvalue weighted by molar-refractivity contribution is -0.116. The lowest BCUT2D eigenvalue weighted by Gasteiger charge is -2.11. The molecule has 2 aromatic carbocycles. The molecule has 148 valence electrons. The van der Waals surface area contributed by atoms with Crippen LogP contribution in [-0.2, 0) is 17.8 Å². The SMILES string of the molecule is O=C(Cn1ccc2ccccc21)Nc1ccccc1Cc1nc(-c2cccs2)no1. The summed E-state index contributed by atoms with van der Waals surface area (Å²) in [4.78, 5) is 18.1. The highest BCUT2D eigenvalue weighted by Crippen LogP contribution is 2.24. The minimum atomic E-state index is -0.0893. The first kappa shape index (κ1) is 18.3. The van der Waals surface area contributed by atoms with Crippen LogP contribution in [0.2, 0.25) is 0 Å². The van der Waals surface area contributed by atoms with Gasteiger partial charge in [-0.05, 0) is 40.6 Å². The van der Waals surface area contributed by atoms with Crippen molar-refractivity contribution in [2.45, 2.75) is 13.0 Å². The first-order valence-electron chi connectivity index (χ1n) is 9.54. The first-order valence-corrected chi connectivity index (χ1v) is 10.4. The van der Waals surface area contributed by atoms with E-state index in [1.165, 1.54) is 0 Å². The highest BCUT2D eigenvalue weighted by molar-refractivity contribution is 7.13. The fourth-order valence-corrected chi connectivity index (χ4v) is 4.06. The predicted molar refractivity (Wildman–Crippen MR) is 117 cm³/mol. The molecule has 3 aromatic heterocycles. The van der Waals surface area contributed by atoms with Gasteiger partial charge in [0.15, 0.2) is 0 Å². The van der Waals surface area contributed by atoms with Crippen LogP contribution in [0, 0.1) is 0 Å². The van der Waals surface area contributed by atoms with Gasteiger partial charge >= 0.3 is 0 Å². The van der Waals surface area contributed by atoms with E-state index in [-0.39, 0.29) is 12.5 Å². The highest BCUT2D eigenvalue weighted by Gasteiger charge is 2.14. The zero-order valence-corrected chi connectivity index (χ0v) is 16.8. The summed E-state index contributed by atoms with van der Waals surface area (Å²) in [6, 6.07) is 21.6. The summed E-state index contributed by atoms with van der Waals surface area (Å²) in [7, 11) is 0. The monoisotopic (exact) mass is 414 g/mol. The standard InChI is InChI=1S/C23H18N4O2S/c28-21(15-27-12-11-16-6-2-4-9-19(16)27)24-18-8-3-1-7-17(18)14-22-25-23(26-29-22)20-10-5-13-30-20/h1-13H,14-15H2,(H,24,28). The number of thiophene rings is 1. The Morgan fingerprint density at radius 3 is 2.80 bits per heavy atom. The average Bonchev–Trinajstić information content (AvgIpc) is 3.51. The molecule has 5 rings (SSSR count). The van der Waals surface area contributed by atoms with Gasteiger partial charge in [-0.25, -0.2) is 0 Å². The van der Waals surface area contributed by atoms with Crippen LogP contribution in [0.5, 0.6) is 0 Å². The van der Waals surface area contributed by atoms with E-state index in [9.17, 15) is 4.79 Å². The van der Waals surface area contributed by atoms with Gasteiger partial charge in [0.2, 0.25) is 17.6 Å². The van der Waals surface area contributed by atoms with Crippen LogP contribution in [0.3, 0.4) is 0 Å². The fraction of sp³-hybridized carbons (Fsp3) is 0.0870. The second-order valence-electron chi connectivity index (χ2n) is 6.87. The van der Waals surface area contributed by atoms with Gasteiger partial charge < -0.3 is 14.4 Å². The highest BCUT2D eigenvalue weighted by atomic mass is 32.1. The molecule has 1 N–H and O–H groups in total. The summed E-state index contributed by atoms with van der Waals surface area (Å²) < 4.78 is 7.36. The first-order chi connectivity index (χ1) is 14.8. The third-order valence-corrected chi connectivity index (χ3v) is 5.70. The summed E-state index contributed by atoms with van der Waals surface area (Å²) in [5, 5.41) is 10.2. The van der Waals surface area contributed by atoms with Gasteiger partial charge in [-0.2, -0.15) is 4.98 Å². The number of benzene rings is 2. The number of anilines is 1. The van der Waals surface area contributed by atoms with Crippen molar-refractivity contribution < 1.29 is 9.32 Å². The molecule has 0 saturated heterocycles. The molecule has 0 unspecified atom stereocenters. The molecule has 6 nitrogen and oxygen atoms in total. The van der Waals surface area contributed by atoms with Gasteiger partial charge in [0, 0.05) is 17.4 Å². The molecule has 5 aromatic rings. The van der Waals surface area contributed by atoms with Crippen molar-refractivity contribution in [3.8, 4) is 10.7 Å². The Morgan fingerprint density at radius 2 is 1.90 bits per heavy atom. The number of nitrogens with zero attached hydrogens (tertiary/aromatic N) is 3. The van der Waals surface area contributed by atoms with E-state index < -0.39 is 0 Å². The number of rotatable bonds is 6. The third-order valence-electron chi connectivity index (χ3n) is 4.84. The Balaban J connectivity index is 1.32. The Morgan fingerprint density at radius 1 is 1.03 bits per heavy atom. The maximum Gasteiger partial charge on any atom is 0.244 e. The number of hydrogen-bond donors (Lipinski definition) is 1. The van der Waals surface area contributed by atoms with Gasteiger partial charge in [-0.15, -0.1) is 11.3 Å². The molecule has 30 heavy (non-hydrogen) atoms. The minimum absolute atomic E-state index is 0.0893. The van der Waals surface area contributed by atoms with Crippen molar-refractivity contribution in [3.63, 3.8) is 0 Å². The quantitative estimate of drug-likeness (QED) is 0.425. The molecule has 3 heterocycles. The van der Waals surface area contributed by atoms with Crippen molar-refractivity contribution in [2.24, 2.45) is 0 Å². The molecule has 0 saturated carbocycles. The number of nitrogens with one attached hydrogen (secondary N) is 1.